The van der Waals surface area contributed by atoms with Gasteiger partial charge in [0.1, 0.15) is 17.5 Å². The highest BCUT2D eigenvalue weighted by atomic mass is 19.1. The van der Waals surface area contributed by atoms with Gasteiger partial charge in [-0.05, 0) is 54.7 Å². The van der Waals surface area contributed by atoms with E-state index >= 15 is 4.39 Å². The number of hydrogen-bond donors (Lipinski definition) is 2. The number of nitrogens with two attached hydrogens (primary N) is 1. The van der Waals surface area contributed by atoms with Crippen LogP contribution in [0.25, 0.3) is 0 Å². The fraction of sp³-hybridized carbons (Fsp3) is 0.632. The molecule has 23 heavy (non-hydrogen) atoms. The molecule has 0 spiro atoms. The van der Waals surface area contributed by atoms with Crippen LogP contribution in [-0.2, 0) is 0 Å². The first-order valence-corrected chi connectivity index (χ1v) is 8.95. The molecule has 2 saturated carbocycles. The molecule has 3 N–H and O–H groups in total. The summed E-state index contributed by atoms with van der Waals surface area (Å²) < 4.78 is 29.5. The highest BCUT2D eigenvalue weighted by molar-refractivity contribution is 5.95. The smallest absolute Gasteiger partial charge is 0.140 e. The first-order valence-electron chi connectivity index (χ1n) is 8.95. The first kappa shape index (κ1) is 16.4. The molecule has 0 aromatic heterocycles. The highest BCUT2D eigenvalue weighted by Crippen LogP contribution is 2.43. The summed E-state index contributed by atoms with van der Waals surface area (Å²) in [6.07, 6.45) is 10.8. The fourth-order valence-electron chi connectivity index (χ4n) is 4.46. The molecule has 0 saturated heterocycles. The Hall–Kier alpha value is -1.45. The molecule has 0 unspecified atom stereocenters. The van der Waals surface area contributed by atoms with Crippen LogP contribution in [-0.4, -0.2) is 5.84 Å². The molecule has 0 radical (unpaired) electrons. The van der Waals surface area contributed by atoms with Crippen LogP contribution in [0.1, 0.15) is 92.7 Å². The average Bonchev–Trinajstić information content (AvgIpc) is 2.55. The van der Waals surface area contributed by atoms with Crippen LogP contribution in [0, 0.1) is 17.0 Å². The van der Waals surface area contributed by atoms with E-state index in [0.717, 1.165) is 56.9 Å². The van der Waals surface area contributed by atoms with E-state index in [4.69, 9.17) is 11.1 Å². The molecule has 1 aromatic carbocycles. The van der Waals surface area contributed by atoms with E-state index in [1.54, 1.807) is 0 Å². The number of rotatable bonds is 3. The van der Waals surface area contributed by atoms with Gasteiger partial charge in [-0.25, -0.2) is 8.78 Å². The molecule has 2 fully saturated rings. The molecule has 2 nitrogen and oxygen atoms in total. The van der Waals surface area contributed by atoms with Gasteiger partial charge in [0.15, 0.2) is 0 Å². The van der Waals surface area contributed by atoms with Gasteiger partial charge in [-0.1, -0.05) is 38.5 Å². The molecule has 3 rings (SSSR count). The second-order valence-corrected chi connectivity index (χ2v) is 7.13. The second kappa shape index (κ2) is 6.98. The maximum absolute atomic E-state index is 15.1. The lowest BCUT2D eigenvalue weighted by Crippen LogP contribution is -2.21. The van der Waals surface area contributed by atoms with E-state index in [9.17, 15) is 4.39 Å². The first-order chi connectivity index (χ1) is 11.1. The van der Waals surface area contributed by atoms with Gasteiger partial charge in [0.2, 0.25) is 0 Å². The van der Waals surface area contributed by atoms with Crippen molar-refractivity contribution in [3.8, 4) is 0 Å². The van der Waals surface area contributed by atoms with E-state index in [-0.39, 0.29) is 17.4 Å². The van der Waals surface area contributed by atoms with Gasteiger partial charge < -0.3 is 5.73 Å². The third-order valence-electron chi connectivity index (χ3n) is 5.62. The highest BCUT2D eigenvalue weighted by Gasteiger charge is 2.30. The Labute approximate surface area is 137 Å². The van der Waals surface area contributed by atoms with Gasteiger partial charge in [0.05, 0.1) is 5.56 Å². The summed E-state index contributed by atoms with van der Waals surface area (Å²) in [5.41, 5.74) is 6.64. The number of hydrogen-bond acceptors (Lipinski definition) is 1. The summed E-state index contributed by atoms with van der Waals surface area (Å²) in [4.78, 5) is 0. The van der Waals surface area contributed by atoms with Crippen LogP contribution in [0.15, 0.2) is 6.07 Å². The Morgan fingerprint density at radius 2 is 1.43 bits per heavy atom. The van der Waals surface area contributed by atoms with Gasteiger partial charge in [-0.3, -0.25) is 5.41 Å². The second-order valence-electron chi connectivity index (χ2n) is 7.13. The minimum atomic E-state index is -0.671. The minimum absolute atomic E-state index is 0.152. The molecule has 0 atom stereocenters. The quantitative estimate of drug-likeness (QED) is 0.573. The molecule has 0 bridgehead atoms. The van der Waals surface area contributed by atoms with Crippen molar-refractivity contribution in [1.82, 2.24) is 0 Å². The van der Waals surface area contributed by atoms with E-state index in [0.29, 0.717) is 5.56 Å². The molecule has 2 aliphatic rings. The Balaban J connectivity index is 2.10. The van der Waals surface area contributed by atoms with Gasteiger partial charge in [-0.15, -0.1) is 0 Å². The van der Waals surface area contributed by atoms with Crippen LogP contribution in [0.5, 0.6) is 0 Å². The van der Waals surface area contributed by atoms with Crippen molar-refractivity contribution in [2.24, 2.45) is 5.73 Å². The summed E-state index contributed by atoms with van der Waals surface area (Å²) >= 11 is 0. The van der Waals surface area contributed by atoms with Crippen molar-refractivity contribution in [2.45, 2.75) is 76.0 Å². The number of halogens is 2. The summed E-state index contributed by atoms with van der Waals surface area (Å²) in [6.45, 7) is 0. The molecular formula is C19H26F2N2. The van der Waals surface area contributed by atoms with Crippen LogP contribution in [0.4, 0.5) is 8.78 Å². The topological polar surface area (TPSA) is 49.9 Å². The minimum Gasteiger partial charge on any atom is -0.384 e. The molecule has 4 heteroatoms. The van der Waals surface area contributed by atoms with Gasteiger partial charge in [-0.2, -0.15) is 0 Å². The standard InChI is InChI=1S/C19H26F2N2/c20-15-11-14(12-7-3-1-4-8-12)16(13-9-5-2-6-10-13)18(21)17(15)19(22)23/h11-13H,1-10H2,(H3,22,23). The number of amidine groups is 1. The number of nitrogen functional groups attached to an aromatic ring is 1. The summed E-state index contributed by atoms with van der Waals surface area (Å²) in [6, 6.07) is 1.49. The van der Waals surface area contributed by atoms with Crippen LogP contribution in [0.3, 0.4) is 0 Å². The molecule has 0 aliphatic heterocycles. The van der Waals surface area contributed by atoms with E-state index in [1.807, 2.05) is 0 Å². The molecule has 1 aromatic rings. The summed E-state index contributed by atoms with van der Waals surface area (Å²) in [7, 11) is 0. The van der Waals surface area contributed by atoms with Crippen LogP contribution >= 0.6 is 0 Å². The molecule has 126 valence electrons. The fourth-order valence-corrected chi connectivity index (χ4v) is 4.46. The zero-order valence-corrected chi connectivity index (χ0v) is 13.6. The maximum Gasteiger partial charge on any atom is 0.140 e. The third-order valence-corrected chi connectivity index (χ3v) is 5.62. The average molecular weight is 320 g/mol. The lowest BCUT2D eigenvalue weighted by molar-refractivity contribution is 0.404. The Morgan fingerprint density at radius 1 is 0.913 bits per heavy atom. The molecular weight excluding hydrogens is 294 g/mol. The lowest BCUT2D eigenvalue weighted by atomic mass is 9.75. The maximum atomic E-state index is 15.1. The predicted molar refractivity (Wildman–Crippen MR) is 89.0 cm³/mol. The molecule has 2 aliphatic carbocycles. The zero-order valence-electron chi connectivity index (χ0n) is 13.6. The van der Waals surface area contributed by atoms with E-state index in [2.05, 4.69) is 0 Å². The van der Waals surface area contributed by atoms with Crippen molar-refractivity contribution < 1.29 is 8.78 Å². The monoisotopic (exact) mass is 320 g/mol. The Kier molecular flexibility index (Phi) is 4.98. The van der Waals surface area contributed by atoms with E-state index < -0.39 is 17.5 Å². The lowest BCUT2D eigenvalue weighted by Gasteiger charge is -2.30. The van der Waals surface area contributed by atoms with Crippen molar-refractivity contribution in [3.63, 3.8) is 0 Å². The molecule has 0 heterocycles. The van der Waals surface area contributed by atoms with Crippen molar-refractivity contribution in [1.29, 1.82) is 5.41 Å². The number of benzene rings is 1. The van der Waals surface area contributed by atoms with Gasteiger partial charge >= 0.3 is 0 Å². The Morgan fingerprint density at radius 3 is 1.96 bits per heavy atom. The summed E-state index contributed by atoms with van der Waals surface area (Å²) in [5.74, 6) is -1.34. The number of nitrogens with one attached hydrogen (secondary N) is 1. The third kappa shape index (κ3) is 3.26. The largest absolute Gasteiger partial charge is 0.384 e. The van der Waals surface area contributed by atoms with Crippen LogP contribution < -0.4 is 5.73 Å². The molecule has 0 amide bonds. The van der Waals surface area contributed by atoms with Crippen molar-refractivity contribution >= 4 is 5.84 Å². The normalized spacial score (nSPS) is 20.6. The Bertz CT molecular complexity index is 586. The summed E-state index contributed by atoms with van der Waals surface area (Å²) in [5, 5.41) is 7.54. The van der Waals surface area contributed by atoms with E-state index in [1.165, 1.54) is 18.9 Å². The van der Waals surface area contributed by atoms with Crippen molar-refractivity contribution in [2.75, 3.05) is 0 Å². The SMILES string of the molecule is N=C(N)c1c(F)cc(C2CCCCC2)c(C2CCCCC2)c1F. The van der Waals surface area contributed by atoms with Crippen molar-refractivity contribution in [3.05, 3.63) is 34.4 Å². The zero-order chi connectivity index (χ0) is 16.4. The van der Waals surface area contributed by atoms with Gasteiger partial charge in [0.25, 0.3) is 0 Å². The van der Waals surface area contributed by atoms with Gasteiger partial charge in [0, 0.05) is 0 Å². The predicted octanol–water partition coefficient (Wildman–Crippen LogP) is 5.34. The van der Waals surface area contributed by atoms with Crippen LogP contribution in [0.2, 0.25) is 0 Å².